The van der Waals surface area contributed by atoms with Crippen molar-refractivity contribution in [3.63, 3.8) is 0 Å². The maximum atomic E-state index is 14.2. The molecule has 0 unspecified atom stereocenters. The molecular weight excluding hydrogens is 460 g/mol. The predicted octanol–water partition coefficient (Wildman–Crippen LogP) is 3.21. The second-order valence-corrected chi connectivity index (χ2v) is 7.73. The van der Waals surface area contributed by atoms with Crippen molar-refractivity contribution in [2.24, 2.45) is 0 Å². The summed E-state index contributed by atoms with van der Waals surface area (Å²) in [6, 6.07) is -0.605. The highest BCUT2D eigenvalue weighted by Crippen LogP contribution is 2.37. The Balaban J connectivity index is 1.56. The van der Waals surface area contributed by atoms with Gasteiger partial charge in [0, 0.05) is 41.6 Å². The van der Waals surface area contributed by atoms with Gasteiger partial charge in [-0.3, -0.25) is 14.9 Å². The van der Waals surface area contributed by atoms with Gasteiger partial charge in [0.25, 0.3) is 0 Å². The van der Waals surface area contributed by atoms with Gasteiger partial charge in [-0.15, -0.1) is 10.2 Å². The van der Waals surface area contributed by atoms with Crippen LogP contribution in [0.25, 0.3) is 0 Å². The van der Waals surface area contributed by atoms with Gasteiger partial charge in [-0.1, -0.05) is 6.08 Å². The van der Waals surface area contributed by atoms with Crippen LogP contribution in [0.2, 0.25) is 0 Å². The fourth-order valence-electron chi connectivity index (χ4n) is 4.17. The summed E-state index contributed by atoms with van der Waals surface area (Å²) in [5.74, 6) is -6.93. The van der Waals surface area contributed by atoms with Gasteiger partial charge in [-0.2, -0.15) is 13.2 Å². The maximum Gasteiger partial charge on any atom is 0.451 e. The second-order valence-electron chi connectivity index (χ2n) is 7.73. The minimum atomic E-state index is -4.70. The Morgan fingerprint density at radius 3 is 2.45 bits per heavy atom. The Morgan fingerprint density at radius 1 is 1.09 bits per heavy atom. The molecule has 2 atom stereocenters. The molecule has 14 heteroatoms. The van der Waals surface area contributed by atoms with E-state index in [0.29, 0.717) is 12.1 Å². The first-order chi connectivity index (χ1) is 15.5. The van der Waals surface area contributed by atoms with Gasteiger partial charge < -0.3 is 9.47 Å². The Labute approximate surface area is 181 Å². The van der Waals surface area contributed by atoms with Crippen LogP contribution in [0.5, 0.6) is 0 Å². The molecule has 0 saturated heterocycles. The summed E-state index contributed by atoms with van der Waals surface area (Å²) >= 11 is 0. The fourth-order valence-corrected chi connectivity index (χ4v) is 4.17. The molecule has 0 bridgehead atoms. The summed E-state index contributed by atoms with van der Waals surface area (Å²) in [4.78, 5) is 25.0. The standard InChI is InChI=1S/C19H15F6N5O3/c20-12-7-14(22)13(21)6-11(12)10-2-1-9(5-15(10)30(32)33)17(31)28-3-4-29-16(8-28)26-27-18(29)19(23,24)25/h1,6-7,10,15H,2-5,8H2/t10-,15+/m1/s1. The molecule has 1 aliphatic carbocycles. The van der Waals surface area contributed by atoms with Gasteiger partial charge in [0.15, 0.2) is 17.5 Å². The molecule has 0 N–H and O–H groups in total. The summed E-state index contributed by atoms with van der Waals surface area (Å²) in [7, 11) is 0. The molecule has 0 radical (unpaired) electrons. The number of allylic oxidation sites excluding steroid dienone is 1. The molecule has 1 aromatic carbocycles. The third kappa shape index (κ3) is 4.16. The highest BCUT2D eigenvalue weighted by atomic mass is 19.4. The number of hydrogen-bond donors (Lipinski definition) is 0. The molecule has 1 aromatic heterocycles. The molecule has 8 nitrogen and oxygen atoms in total. The van der Waals surface area contributed by atoms with E-state index in [1.807, 2.05) is 0 Å². The summed E-state index contributed by atoms with van der Waals surface area (Å²) in [5, 5.41) is 18.3. The van der Waals surface area contributed by atoms with Gasteiger partial charge >= 0.3 is 6.18 Å². The summed E-state index contributed by atoms with van der Waals surface area (Å²) in [6.07, 6.45) is -3.94. The number of nitrogens with zero attached hydrogens (tertiary/aromatic N) is 5. The number of aromatic nitrogens is 3. The van der Waals surface area contributed by atoms with Gasteiger partial charge in [0.1, 0.15) is 5.82 Å². The number of rotatable bonds is 3. The van der Waals surface area contributed by atoms with Crippen molar-refractivity contribution in [3.8, 4) is 0 Å². The SMILES string of the molecule is O=C(C1=CC[C@H](c2cc(F)c(F)cc2F)[C@@H]([N+](=O)[O-])C1)N1CCn2c(nnc2C(F)(F)F)C1. The van der Waals surface area contributed by atoms with Crippen LogP contribution < -0.4 is 0 Å². The number of carbonyl (C=O) groups excluding carboxylic acids is 1. The Hall–Kier alpha value is -3.45. The molecule has 176 valence electrons. The minimum absolute atomic E-state index is 0.0277. The van der Waals surface area contributed by atoms with E-state index in [0.717, 1.165) is 4.57 Å². The van der Waals surface area contributed by atoms with Crippen LogP contribution in [-0.4, -0.2) is 43.1 Å². The smallest absolute Gasteiger partial charge is 0.330 e. The van der Waals surface area contributed by atoms with Crippen LogP contribution in [0.4, 0.5) is 26.3 Å². The quantitative estimate of drug-likeness (QED) is 0.294. The minimum Gasteiger partial charge on any atom is -0.330 e. The Bertz CT molecular complexity index is 1160. The molecule has 0 saturated carbocycles. The maximum absolute atomic E-state index is 14.2. The zero-order valence-corrected chi connectivity index (χ0v) is 16.7. The summed E-state index contributed by atoms with van der Waals surface area (Å²) in [6.45, 7) is -0.587. The lowest BCUT2D eigenvalue weighted by Crippen LogP contribution is -2.42. The molecule has 2 heterocycles. The Kier molecular flexibility index (Phi) is 5.62. The predicted molar refractivity (Wildman–Crippen MR) is 97.6 cm³/mol. The van der Waals surface area contributed by atoms with Crippen molar-refractivity contribution in [2.45, 2.75) is 44.1 Å². The third-order valence-electron chi connectivity index (χ3n) is 5.79. The van der Waals surface area contributed by atoms with Crippen LogP contribution >= 0.6 is 0 Å². The van der Waals surface area contributed by atoms with Crippen molar-refractivity contribution < 1.29 is 36.1 Å². The van der Waals surface area contributed by atoms with E-state index in [2.05, 4.69) is 10.2 Å². The van der Waals surface area contributed by atoms with Crippen molar-refractivity contribution >= 4 is 5.91 Å². The zero-order valence-electron chi connectivity index (χ0n) is 16.7. The van der Waals surface area contributed by atoms with E-state index < -0.39 is 58.7 Å². The molecule has 2 aromatic rings. The molecular formula is C19H15F6N5O3. The van der Waals surface area contributed by atoms with Gasteiger partial charge in [-0.25, -0.2) is 13.2 Å². The first-order valence-electron chi connectivity index (χ1n) is 9.73. The molecule has 0 spiro atoms. The van der Waals surface area contributed by atoms with E-state index in [1.54, 1.807) is 0 Å². The monoisotopic (exact) mass is 475 g/mol. The molecule has 33 heavy (non-hydrogen) atoms. The first-order valence-corrected chi connectivity index (χ1v) is 9.73. The highest BCUT2D eigenvalue weighted by Gasteiger charge is 2.42. The zero-order chi connectivity index (χ0) is 24.1. The van der Waals surface area contributed by atoms with Crippen LogP contribution in [0, 0.1) is 27.6 Å². The summed E-state index contributed by atoms with van der Waals surface area (Å²) < 4.78 is 80.9. The first kappa shape index (κ1) is 22.7. The molecule has 4 rings (SSSR count). The van der Waals surface area contributed by atoms with E-state index in [-0.39, 0.29) is 43.0 Å². The summed E-state index contributed by atoms with van der Waals surface area (Å²) in [5.41, 5.74) is -0.343. The Morgan fingerprint density at radius 2 is 1.79 bits per heavy atom. The number of hydrogen-bond acceptors (Lipinski definition) is 5. The molecule has 1 aliphatic heterocycles. The average molecular weight is 475 g/mol. The normalized spacial score (nSPS) is 20.9. The number of amides is 1. The average Bonchev–Trinajstić information content (AvgIpc) is 3.19. The molecule has 2 aliphatic rings. The topological polar surface area (TPSA) is 94.2 Å². The molecule has 0 fully saturated rings. The van der Waals surface area contributed by atoms with E-state index >= 15 is 0 Å². The van der Waals surface area contributed by atoms with E-state index in [4.69, 9.17) is 0 Å². The highest BCUT2D eigenvalue weighted by molar-refractivity contribution is 5.93. The van der Waals surface area contributed by atoms with Crippen molar-refractivity contribution in [3.05, 3.63) is 68.6 Å². The van der Waals surface area contributed by atoms with Crippen molar-refractivity contribution in [2.75, 3.05) is 6.54 Å². The van der Waals surface area contributed by atoms with Crippen LogP contribution in [0.1, 0.15) is 36.0 Å². The van der Waals surface area contributed by atoms with Crippen LogP contribution in [0.15, 0.2) is 23.8 Å². The van der Waals surface area contributed by atoms with Gasteiger partial charge in [0.2, 0.25) is 17.8 Å². The van der Waals surface area contributed by atoms with E-state index in [1.165, 1.54) is 11.0 Å². The van der Waals surface area contributed by atoms with Crippen LogP contribution in [0.3, 0.4) is 0 Å². The lowest BCUT2D eigenvalue weighted by Gasteiger charge is -2.31. The molecule has 1 amide bonds. The van der Waals surface area contributed by atoms with Crippen LogP contribution in [-0.2, 0) is 24.1 Å². The third-order valence-corrected chi connectivity index (χ3v) is 5.79. The number of carbonyl (C=O) groups is 1. The second kappa shape index (κ2) is 8.15. The van der Waals surface area contributed by atoms with E-state index in [9.17, 15) is 41.3 Å². The number of benzene rings is 1. The lowest BCUT2D eigenvalue weighted by atomic mass is 9.80. The number of nitro groups is 1. The fraction of sp³-hybridized carbons (Fsp3) is 0.421. The van der Waals surface area contributed by atoms with Crippen molar-refractivity contribution in [1.29, 1.82) is 0 Å². The number of alkyl halides is 3. The van der Waals surface area contributed by atoms with Gasteiger partial charge in [0.05, 0.1) is 12.5 Å². The number of fused-ring (bicyclic) bond motifs is 1. The van der Waals surface area contributed by atoms with Gasteiger partial charge in [-0.05, 0) is 12.5 Å². The largest absolute Gasteiger partial charge is 0.451 e. The number of halogens is 6. The van der Waals surface area contributed by atoms with Crippen molar-refractivity contribution in [1.82, 2.24) is 19.7 Å². The lowest BCUT2D eigenvalue weighted by molar-refractivity contribution is -0.526.